The maximum atomic E-state index is 14.1. The molecule has 4 atom stereocenters. The standard InChI is InChI=1S/C18H20F2N6O/c19-10-1-2-14(20)12(5-10)17-15(21)6-11(9-27-17)25-7-13-16(8-25)24-26-18(13)22-3-4-23-26/h1-4,11-12,15,17H,5-9,21H2/t11?,12?,15?,17-/m1/s1. The summed E-state index contributed by atoms with van der Waals surface area (Å²) in [4.78, 5) is 6.62. The van der Waals surface area contributed by atoms with Crippen LogP contribution >= 0.6 is 0 Å². The number of allylic oxidation sites excluding steroid dienone is 3. The third kappa shape index (κ3) is 2.86. The first-order chi connectivity index (χ1) is 13.1. The number of fused-ring (bicyclic) bond motifs is 3. The zero-order chi connectivity index (χ0) is 18.5. The van der Waals surface area contributed by atoms with Gasteiger partial charge in [0, 0.05) is 49.3 Å². The summed E-state index contributed by atoms with van der Waals surface area (Å²) in [6.07, 6.45) is 5.78. The Morgan fingerprint density at radius 2 is 2.07 bits per heavy atom. The maximum Gasteiger partial charge on any atom is 0.180 e. The van der Waals surface area contributed by atoms with Crippen LogP contribution in [0.15, 0.2) is 36.2 Å². The van der Waals surface area contributed by atoms with Gasteiger partial charge >= 0.3 is 0 Å². The molecule has 0 aromatic carbocycles. The molecule has 4 heterocycles. The Balaban J connectivity index is 1.28. The van der Waals surface area contributed by atoms with E-state index in [2.05, 4.69) is 20.1 Å². The van der Waals surface area contributed by atoms with Crippen LogP contribution in [0.2, 0.25) is 0 Å². The van der Waals surface area contributed by atoms with Crippen LogP contribution in [0.4, 0.5) is 8.78 Å². The molecule has 0 amide bonds. The van der Waals surface area contributed by atoms with Gasteiger partial charge in [-0.25, -0.2) is 13.8 Å². The Kier molecular flexibility index (Phi) is 4.03. The lowest BCUT2D eigenvalue weighted by Crippen LogP contribution is -2.53. The van der Waals surface area contributed by atoms with E-state index >= 15 is 0 Å². The lowest BCUT2D eigenvalue weighted by Gasteiger charge is -2.41. The van der Waals surface area contributed by atoms with Crippen molar-refractivity contribution in [1.29, 1.82) is 0 Å². The minimum absolute atomic E-state index is 0.0104. The lowest BCUT2D eigenvalue weighted by molar-refractivity contribution is -0.0729. The smallest absolute Gasteiger partial charge is 0.180 e. The highest BCUT2D eigenvalue weighted by atomic mass is 19.1. The van der Waals surface area contributed by atoms with Crippen LogP contribution in [0.5, 0.6) is 0 Å². The van der Waals surface area contributed by atoms with Gasteiger partial charge in [-0.1, -0.05) is 0 Å². The average Bonchev–Trinajstić information content (AvgIpc) is 3.22. The van der Waals surface area contributed by atoms with Gasteiger partial charge in [0.15, 0.2) is 5.65 Å². The highest BCUT2D eigenvalue weighted by molar-refractivity contribution is 5.50. The second-order valence-electron chi connectivity index (χ2n) is 7.41. The van der Waals surface area contributed by atoms with Gasteiger partial charge in [-0.3, -0.25) is 4.90 Å². The van der Waals surface area contributed by atoms with Gasteiger partial charge < -0.3 is 10.5 Å². The van der Waals surface area contributed by atoms with E-state index in [0.29, 0.717) is 26.1 Å². The van der Waals surface area contributed by atoms with Crippen molar-refractivity contribution in [1.82, 2.24) is 24.7 Å². The minimum atomic E-state index is -0.638. The largest absolute Gasteiger partial charge is 0.374 e. The summed E-state index contributed by atoms with van der Waals surface area (Å²) < 4.78 is 35.2. The number of hydrogen-bond donors (Lipinski definition) is 1. The Labute approximate surface area is 154 Å². The molecule has 7 nitrogen and oxygen atoms in total. The Morgan fingerprint density at radius 3 is 2.93 bits per heavy atom. The molecule has 0 radical (unpaired) electrons. The second-order valence-corrected chi connectivity index (χ2v) is 7.41. The normalized spacial score (nSPS) is 31.7. The lowest BCUT2D eigenvalue weighted by atomic mass is 9.85. The van der Waals surface area contributed by atoms with E-state index in [0.717, 1.165) is 16.9 Å². The number of nitrogens with two attached hydrogens (primary N) is 1. The first-order valence-electron chi connectivity index (χ1n) is 9.11. The SMILES string of the molecule is NC1CC(N2Cc3nn4nccnc4c3C2)CO[C@@H]1C1CC(F)=CC=C1F. The van der Waals surface area contributed by atoms with Crippen molar-refractivity contribution in [3.63, 3.8) is 0 Å². The van der Waals surface area contributed by atoms with E-state index in [4.69, 9.17) is 10.5 Å². The molecule has 2 aromatic rings. The van der Waals surface area contributed by atoms with Crippen molar-refractivity contribution < 1.29 is 13.5 Å². The van der Waals surface area contributed by atoms with Crippen molar-refractivity contribution in [2.24, 2.45) is 11.7 Å². The number of ether oxygens (including phenoxy) is 1. The molecule has 1 saturated heterocycles. The fourth-order valence-electron chi connectivity index (χ4n) is 4.35. The third-order valence-electron chi connectivity index (χ3n) is 5.73. The molecule has 2 aromatic heterocycles. The summed E-state index contributed by atoms with van der Waals surface area (Å²) >= 11 is 0. The highest BCUT2D eigenvalue weighted by Crippen LogP contribution is 2.36. The van der Waals surface area contributed by atoms with Crippen LogP contribution in [0.25, 0.3) is 5.65 Å². The van der Waals surface area contributed by atoms with Crippen LogP contribution in [0, 0.1) is 5.92 Å². The molecule has 2 N–H and O–H groups in total. The molecule has 3 unspecified atom stereocenters. The quantitative estimate of drug-likeness (QED) is 0.861. The molecule has 5 rings (SSSR count). The van der Waals surface area contributed by atoms with Gasteiger partial charge in [-0.05, 0) is 18.6 Å². The number of halogens is 2. The summed E-state index contributed by atoms with van der Waals surface area (Å²) in [5.41, 5.74) is 9.13. The minimum Gasteiger partial charge on any atom is -0.374 e. The summed E-state index contributed by atoms with van der Waals surface area (Å²) in [7, 11) is 0. The molecule has 27 heavy (non-hydrogen) atoms. The molecule has 0 saturated carbocycles. The van der Waals surface area contributed by atoms with Gasteiger partial charge in [-0.15, -0.1) is 4.63 Å². The maximum absolute atomic E-state index is 14.1. The zero-order valence-electron chi connectivity index (χ0n) is 14.6. The van der Waals surface area contributed by atoms with Gasteiger partial charge in [0.2, 0.25) is 0 Å². The van der Waals surface area contributed by atoms with Crippen LogP contribution < -0.4 is 5.73 Å². The van der Waals surface area contributed by atoms with Crippen LogP contribution in [-0.4, -0.2) is 49.5 Å². The van der Waals surface area contributed by atoms with E-state index in [1.54, 1.807) is 17.0 Å². The van der Waals surface area contributed by atoms with Gasteiger partial charge in [-0.2, -0.15) is 10.2 Å². The Morgan fingerprint density at radius 1 is 1.19 bits per heavy atom. The summed E-state index contributed by atoms with van der Waals surface area (Å²) in [5, 5.41) is 8.66. The molecular formula is C18H20F2N6O. The second kappa shape index (κ2) is 6.43. The van der Waals surface area contributed by atoms with Crippen molar-refractivity contribution in [2.75, 3.05) is 6.61 Å². The van der Waals surface area contributed by atoms with Crippen molar-refractivity contribution in [3.05, 3.63) is 47.5 Å². The summed E-state index contributed by atoms with van der Waals surface area (Å²) in [5.74, 6) is -1.33. The Hall–Kier alpha value is -2.23. The van der Waals surface area contributed by atoms with Crippen LogP contribution in [-0.2, 0) is 17.8 Å². The molecule has 1 fully saturated rings. The molecule has 0 spiro atoms. The molecule has 1 aliphatic carbocycles. The van der Waals surface area contributed by atoms with E-state index < -0.39 is 12.0 Å². The predicted molar refractivity (Wildman–Crippen MR) is 92.6 cm³/mol. The molecule has 2 aliphatic heterocycles. The number of aromatic nitrogens is 4. The third-order valence-corrected chi connectivity index (χ3v) is 5.73. The first kappa shape index (κ1) is 16.9. The predicted octanol–water partition coefficient (Wildman–Crippen LogP) is 1.65. The molecule has 142 valence electrons. The fourth-order valence-corrected chi connectivity index (χ4v) is 4.35. The fraction of sp³-hybridized carbons (Fsp3) is 0.500. The molecular weight excluding hydrogens is 354 g/mol. The van der Waals surface area contributed by atoms with Gasteiger partial charge in [0.25, 0.3) is 0 Å². The van der Waals surface area contributed by atoms with Crippen molar-refractivity contribution in [3.8, 4) is 0 Å². The van der Waals surface area contributed by atoms with E-state index in [-0.39, 0.29) is 30.2 Å². The zero-order valence-corrected chi connectivity index (χ0v) is 14.6. The van der Waals surface area contributed by atoms with E-state index in [1.807, 2.05) is 0 Å². The number of hydrogen-bond acceptors (Lipinski definition) is 6. The highest BCUT2D eigenvalue weighted by Gasteiger charge is 2.41. The molecule has 3 aliphatic rings. The van der Waals surface area contributed by atoms with Crippen LogP contribution in [0.1, 0.15) is 24.1 Å². The van der Waals surface area contributed by atoms with Gasteiger partial charge in [0.05, 0.1) is 24.6 Å². The van der Waals surface area contributed by atoms with E-state index in [1.165, 1.54) is 12.2 Å². The van der Waals surface area contributed by atoms with Crippen molar-refractivity contribution >= 4 is 5.65 Å². The first-order valence-corrected chi connectivity index (χ1v) is 9.11. The van der Waals surface area contributed by atoms with Crippen molar-refractivity contribution in [2.45, 2.75) is 44.1 Å². The number of nitrogens with zero attached hydrogens (tertiary/aromatic N) is 5. The average molecular weight is 374 g/mol. The summed E-state index contributed by atoms with van der Waals surface area (Å²) in [6.45, 7) is 1.83. The summed E-state index contributed by atoms with van der Waals surface area (Å²) in [6, 6.07) is -0.245. The number of rotatable bonds is 2. The van der Waals surface area contributed by atoms with E-state index in [9.17, 15) is 8.78 Å². The van der Waals surface area contributed by atoms with Gasteiger partial charge in [0.1, 0.15) is 11.7 Å². The topological polar surface area (TPSA) is 81.6 Å². The molecule has 0 bridgehead atoms. The van der Waals surface area contributed by atoms with Crippen LogP contribution in [0.3, 0.4) is 0 Å². The molecule has 9 heteroatoms. The Bertz CT molecular complexity index is 941. The monoisotopic (exact) mass is 374 g/mol.